The Kier molecular flexibility index (Phi) is 4.78. The zero-order chi connectivity index (χ0) is 17.9. The molecule has 1 heterocycles. The lowest BCUT2D eigenvalue weighted by Crippen LogP contribution is -2.43. The number of nitrogens with one attached hydrogen (secondary N) is 1. The molecule has 2 amide bonds. The molecule has 0 radical (unpaired) electrons. The standard InChI is InChI=1S/C21H24FN3O/c22-17-7-9-18(10-8-17)24-12-3-13-25(15-14-24)21(26)23-20-11-6-16-4-1-2-5-19(16)20/h1-2,4-5,7-10,20H,3,6,11-15H2,(H,23,26)/t20-/m0/s1. The SMILES string of the molecule is O=C(N[C@H]1CCc2ccccc21)N1CCCN(c2ccc(F)cc2)CC1. The molecule has 2 aromatic carbocycles. The van der Waals surface area contributed by atoms with Crippen LogP contribution in [-0.2, 0) is 6.42 Å². The van der Waals surface area contributed by atoms with Crippen molar-refractivity contribution in [3.05, 3.63) is 65.5 Å². The predicted molar refractivity (Wildman–Crippen MR) is 101 cm³/mol. The number of amides is 2. The fourth-order valence-electron chi connectivity index (χ4n) is 3.98. The summed E-state index contributed by atoms with van der Waals surface area (Å²) < 4.78 is 13.1. The van der Waals surface area contributed by atoms with Gasteiger partial charge in [-0.3, -0.25) is 0 Å². The second-order valence-corrected chi connectivity index (χ2v) is 7.04. The summed E-state index contributed by atoms with van der Waals surface area (Å²) in [4.78, 5) is 16.9. The van der Waals surface area contributed by atoms with Crippen molar-refractivity contribution in [2.24, 2.45) is 0 Å². The molecule has 0 bridgehead atoms. The minimum atomic E-state index is -0.221. The number of halogens is 1. The van der Waals surface area contributed by atoms with Crippen molar-refractivity contribution >= 4 is 11.7 Å². The third-order valence-corrected chi connectivity index (χ3v) is 5.41. The van der Waals surface area contributed by atoms with Crippen LogP contribution in [0.4, 0.5) is 14.9 Å². The van der Waals surface area contributed by atoms with E-state index >= 15 is 0 Å². The van der Waals surface area contributed by atoms with Crippen LogP contribution in [0.3, 0.4) is 0 Å². The molecule has 5 heteroatoms. The highest BCUT2D eigenvalue weighted by molar-refractivity contribution is 5.75. The fourth-order valence-corrected chi connectivity index (χ4v) is 3.98. The molecule has 4 nitrogen and oxygen atoms in total. The van der Waals surface area contributed by atoms with Gasteiger partial charge in [0.2, 0.25) is 0 Å². The van der Waals surface area contributed by atoms with E-state index in [1.807, 2.05) is 11.0 Å². The first-order chi connectivity index (χ1) is 12.7. The number of fused-ring (bicyclic) bond motifs is 1. The van der Waals surface area contributed by atoms with E-state index in [0.717, 1.165) is 44.6 Å². The maximum Gasteiger partial charge on any atom is 0.317 e. The van der Waals surface area contributed by atoms with Crippen molar-refractivity contribution < 1.29 is 9.18 Å². The van der Waals surface area contributed by atoms with Crippen LogP contribution in [-0.4, -0.2) is 37.1 Å². The van der Waals surface area contributed by atoms with Gasteiger partial charge in [-0.2, -0.15) is 0 Å². The lowest BCUT2D eigenvalue weighted by molar-refractivity contribution is 0.197. The smallest absolute Gasteiger partial charge is 0.317 e. The number of anilines is 1. The number of rotatable bonds is 2. The highest BCUT2D eigenvalue weighted by Crippen LogP contribution is 2.30. The number of hydrogen-bond donors (Lipinski definition) is 1. The first-order valence-corrected chi connectivity index (χ1v) is 9.34. The average molecular weight is 353 g/mol. The molecule has 0 saturated carbocycles. The molecule has 0 unspecified atom stereocenters. The topological polar surface area (TPSA) is 35.6 Å². The minimum absolute atomic E-state index is 0.0210. The second-order valence-electron chi connectivity index (χ2n) is 7.04. The molecule has 0 spiro atoms. The Hall–Kier alpha value is -2.56. The van der Waals surface area contributed by atoms with Crippen molar-refractivity contribution in [3.8, 4) is 0 Å². The van der Waals surface area contributed by atoms with Crippen LogP contribution in [0, 0.1) is 5.82 Å². The van der Waals surface area contributed by atoms with Gasteiger partial charge >= 0.3 is 6.03 Å². The van der Waals surface area contributed by atoms with Crippen LogP contribution >= 0.6 is 0 Å². The van der Waals surface area contributed by atoms with Gasteiger partial charge in [-0.25, -0.2) is 9.18 Å². The van der Waals surface area contributed by atoms with Gasteiger partial charge in [0.1, 0.15) is 5.82 Å². The van der Waals surface area contributed by atoms with Gasteiger partial charge in [-0.05, 0) is 54.7 Å². The molecule has 26 heavy (non-hydrogen) atoms. The van der Waals surface area contributed by atoms with Gasteiger partial charge in [0.05, 0.1) is 6.04 Å². The molecule has 1 N–H and O–H groups in total. The molecule has 1 saturated heterocycles. The van der Waals surface area contributed by atoms with Crippen LogP contribution in [0.15, 0.2) is 48.5 Å². The van der Waals surface area contributed by atoms with Crippen molar-refractivity contribution in [3.63, 3.8) is 0 Å². The number of carbonyl (C=O) groups excluding carboxylic acids is 1. The molecule has 2 aliphatic rings. The summed E-state index contributed by atoms with van der Waals surface area (Å²) in [5.41, 5.74) is 3.61. The summed E-state index contributed by atoms with van der Waals surface area (Å²) in [6, 6.07) is 15.1. The van der Waals surface area contributed by atoms with Gasteiger partial charge < -0.3 is 15.1 Å². The zero-order valence-corrected chi connectivity index (χ0v) is 14.8. The highest BCUT2D eigenvalue weighted by atomic mass is 19.1. The summed E-state index contributed by atoms with van der Waals surface area (Å²) in [5.74, 6) is -0.221. The third kappa shape index (κ3) is 3.52. The molecule has 1 aliphatic heterocycles. The summed E-state index contributed by atoms with van der Waals surface area (Å²) in [7, 11) is 0. The van der Waals surface area contributed by atoms with E-state index in [2.05, 4.69) is 28.4 Å². The van der Waals surface area contributed by atoms with E-state index in [1.165, 1.54) is 23.3 Å². The Morgan fingerprint density at radius 2 is 1.81 bits per heavy atom. The number of benzene rings is 2. The monoisotopic (exact) mass is 353 g/mol. The zero-order valence-electron chi connectivity index (χ0n) is 14.8. The van der Waals surface area contributed by atoms with Gasteiger partial charge in [0, 0.05) is 31.9 Å². The molecule has 1 atom stereocenters. The number of carbonyl (C=O) groups is 1. The molecular formula is C21H24FN3O. The van der Waals surface area contributed by atoms with Crippen molar-refractivity contribution in [1.29, 1.82) is 0 Å². The van der Waals surface area contributed by atoms with E-state index in [1.54, 1.807) is 12.1 Å². The number of hydrogen-bond acceptors (Lipinski definition) is 2. The quantitative estimate of drug-likeness (QED) is 0.893. The van der Waals surface area contributed by atoms with Crippen LogP contribution in [0.2, 0.25) is 0 Å². The van der Waals surface area contributed by atoms with Crippen molar-refractivity contribution in [2.75, 3.05) is 31.1 Å². The Morgan fingerprint density at radius 3 is 2.65 bits per heavy atom. The Bertz CT molecular complexity index is 777. The van der Waals surface area contributed by atoms with Crippen molar-refractivity contribution in [1.82, 2.24) is 10.2 Å². The Labute approximate surface area is 153 Å². The van der Waals surface area contributed by atoms with E-state index in [0.29, 0.717) is 6.54 Å². The van der Waals surface area contributed by atoms with E-state index in [9.17, 15) is 9.18 Å². The summed E-state index contributed by atoms with van der Waals surface area (Å²) >= 11 is 0. The number of nitrogens with zero attached hydrogens (tertiary/aromatic N) is 2. The summed E-state index contributed by atoms with van der Waals surface area (Å²) in [6.45, 7) is 3.07. The van der Waals surface area contributed by atoms with E-state index in [-0.39, 0.29) is 17.9 Å². The molecule has 0 aromatic heterocycles. The minimum Gasteiger partial charge on any atom is -0.370 e. The summed E-state index contributed by atoms with van der Waals surface area (Å²) in [6.07, 6.45) is 2.91. The first kappa shape index (κ1) is 16.9. The molecule has 2 aromatic rings. The van der Waals surface area contributed by atoms with Gasteiger partial charge in [-0.15, -0.1) is 0 Å². The Morgan fingerprint density at radius 1 is 1.00 bits per heavy atom. The molecule has 1 aliphatic carbocycles. The van der Waals surface area contributed by atoms with Crippen LogP contribution in [0.25, 0.3) is 0 Å². The third-order valence-electron chi connectivity index (χ3n) is 5.41. The fraction of sp³-hybridized carbons (Fsp3) is 0.381. The van der Waals surface area contributed by atoms with Crippen LogP contribution in [0.5, 0.6) is 0 Å². The Balaban J connectivity index is 1.37. The average Bonchev–Trinajstić information content (AvgIpc) is 2.89. The summed E-state index contributed by atoms with van der Waals surface area (Å²) in [5, 5.41) is 3.21. The molecular weight excluding hydrogens is 329 g/mol. The maximum atomic E-state index is 13.1. The van der Waals surface area contributed by atoms with Crippen LogP contribution < -0.4 is 10.2 Å². The van der Waals surface area contributed by atoms with Gasteiger partial charge in [0.25, 0.3) is 0 Å². The first-order valence-electron chi connectivity index (χ1n) is 9.34. The lowest BCUT2D eigenvalue weighted by atomic mass is 10.1. The van der Waals surface area contributed by atoms with Gasteiger partial charge in [-0.1, -0.05) is 24.3 Å². The molecule has 4 rings (SSSR count). The maximum absolute atomic E-state index is 13.1. The lowest BCUT2D eigenvalue weighted by Gasteiger charge is -2.25. The van der Waals surface area contributed by atoms with Crippen molar-refractivity contribution in [2.45, 2.75) is 25.3 Å². The molecule has 1 fully saturated rings. The molecule has 136 valence electrons. The predicted octanol–water partition coefficient (Wildman–Crippen LogP) is 3.73. The normalized spacial score (nSPS) is 19.8. The highest BCUT2D eigenvalue weighted by Gasteiger charge is 2.26. The van der Waals surface area contributed by atoms with E-state index in [4.69, 9.17) is 0 Å². The number of aryl methyl sites for hydroxylation is 1. The van der Waals surface area contributed by atoms with E-state index < -0.39 is 0 Å². The van der Waals surface area contributed by atoms with Gasteiger partial charge in [0.15, 0.2) is 0 Å². The van der Waals surface area contributed by atoms with Crippen LogP contribution in [0.1, 0.15) is 30.0 Å². The number of urea groups is 1. The second kappa shape index (κ2) is 7.36. The largest absolute Gasteiger partial charge is 0.370 e.